The van der Waals surface area contributed by atoms with E-state index in [-0.39, 0.29) is 0 Å². The highest BCUT2D eigenvalue weighted by Gasteiger charge is 2.11. The molecule has 0 fully saturated rings. The fourth-order valence-corrected chi connectivity index (χ4v) is 2.86. The Morgan fingerprint density at radius 2 is 2.21 bits per heavy atom. The zero-order valence-electron chi connectivity index (χ0n) is 11.5. The van der Waals surface area contributed by atoms with Gasteiger partial charge in [-0.25, -0.2) is 0 Å². The lowest BCUT2D eigenvalue weighted by atomic mass is 9.94. The van der Waals surface area contributed by atoms with Gasteiger partial charge in [0.05, 0.1) is 11.2 Å². The smallest absolute Gasteiger partial charge is 0.0841 e. The molecule has 0 radical (unpaired) electrons. The molecule has 0 aliphatic heterocycles. The van der Waals surface area contributed by atoms with Gasteiger partial charge >= 0.3 is 0 Å². The number of benzene rings is 1. The van der Waals surface area contributed by atoms with Crippen LogP contribution in [0.1, 0.15) is 25.0 Å². The van der Waals surface area contributed by atoms with Crippen molar-refractivity contribution in [3.8, 4) is 0 Å². The number of aromatic nitrogens is 2. The van der Waals surface area contributed by atoms with Crippen LogP contribution in [0, 0.1) is 5.92 Å². The van der Waals surface area contributed by atoms with Gasteiger partial charge in [-0.3, -0.25) is 4.68 Å². The lowest BCUT2D eigenvalue weighted by molar-refractivity contribution is 0.439. The zero-order valence-corrected chi connectivity index (χ0v) is 11.5. The van der Waals surface area contributed by atoms with E-state index in [9.17, 15) is 0 Å². The van der Waals surface area contributed by atoms with Crippen LogP contribution in [-0.4, -0.2) is 16.3 Å². The lowest BCUT2D eigenvalue weighted by Crippen LogP contribution is -2.23. The summed E-state index contributed by atoms with van der Waals surface area (Å²) in [4.78, 5) is 0. The molecule has 1 aromatic carbocycles. The quantitative estimate of drug-likeness (QED) is 0.851. The van der Waals surface area contributed by atoms with Crippen LogP contribution in [0.5, 0.6) is 0 Å². The third kappa shape index (κ3) is 2.71. The molecule has 1 aliphatic carbocycles. The van der Waals surface area contributed by atoms with Gasteiger partial charge in [-0.1, -0.05) is 30.4 Å². The Morgan fingerprint density at radius 1 is 1.32 bits per heavy atom. The SMILES string of the molecule is Cn1nc(CNCC2CC=CCC2)c2ccccc21. The molecule has 1 aromatic heterocycles. The van der Waals surface area contributed by atoms with Gasteiger partial charge < -0.3 is 5.32 Å². The van der Waals surface area contributed by atoms with Crippen LogP contribution in [0.4, 0.5) is 0 Å². The van der Waals surface area contributed by atoms with Gasteiger partial charge in [-0.2, -0.15) is 5.10 Å². The number of nitrogens with zero attached hydrogens (tertiary/aromatic N) is 2. The van der Waals surface area contributed by atoms with E-state index in [1.807, 2.05) is 11.7 Å². The normalized spacial score (nSPS) is 19.1. The second kappa shape index (κ2) is 5.57. The highest BCUT2D eigenvalue weighted by molar-refractivity contribution is 5.81. The number of hydrogen-bond acceptors (Lipinski definition) is 2. The molecular formula is C16H21N3. The number of aryl methyl sites for hydroxylation is 1. The minimum Gasteiger partial charge on any atom is -0.311 e. The summed E-state index contributed by atoms with van der Waals surface area (Å²) in [6, 6.07) is 8.43. The summed E-state index contributed by atoms with van der Waals surface area (Å²) in [5.41, 5.74) is 2.37. The number of nitrogens with one attached hydrogen (secondary N) is 1. The molecule has 3 nitrogen and oxygen atoms in total. The summed E-state index contributed by atoms with van der Waals surface area (Å²) in [7, 11) is 2.01. The Morgan fingerprint density at radius 3 is 3.05 bits per heavy atom. The molecule has 0 amide bonds. The maximum absolute atomic E-state index is 4.61. The minimum absolute atomic E-state index is 0.792. The highest BCUT2D eigenvalue weighted by Crippen LogP contribution is 2.19. The predicted octanol–water partition coefficient (Wildman–Crippen LogP) is 3.02. The van der Waals surface area contributed by atoms with Gasteiger partial charge in [0.15, 0.2) is 0 Å². The minimum atomic E-state index is 0.792. The fraction of sp³-hybridized carbons (Fsp3) is 0.438. The average Bonchev–Trinajstić information content (AvgIpc) is 2.78. The van der Waals surface area contributed by atoms with Crippen molar-refractivity contribution in [2.24, 2.45) is 13.0 Å². The van der Waals surface area contributed by atoms with E-state index in [0.717, 1.165) is 24.7 Å². The molecule has 3 rings (SSSR count). The van der Waals surface area contributed by atoms with Crippen molar-refractivity contribution in [1.29, 1.82) is 0 Å². The van der Waals surface area contributed by atoms with E-state index in [2.05, 4.69) is 46.8 Å². The van der Waals surface area contributed by atoms with Gasteiger partial charge in [0, 0.05) is 19.0 Å². The van der Waals surface area contributed by atoms with Crippen LogP contribution in [0.25, 0.3) is 10.9 Å². The lowest BCUT2D eigenvalue weighted by Gasteiger charge is -2.17. The number of para-hydroxylation sites is 1. The largest absolute Gasteiger partial charge is 0.311 e. The number of rotatable bonds is 4. The van der Waals surface area contributed by atoms with E-state index in [1.54, 1.807) is 0 Å². The summed E-state index contributed by atoms with van der Waals surface area (Å²) >= 11 is 0. The Balaban J connectivity index is 1.64. The van der Waals surface area contributed by atoms with Gasteiger partial charge in [-0.05, 0) is 37.8 Å². The Bertz CT molecular complexity index is 583. The van der Waals surface area contributed by atoms with Crippen molar-refractivity contribution in [2.45, 2.75) is 25.8 Å². The molecule has 1 N–H and O–H groups in total. The van der Waals surface area contributed by atoms with E-state index in [1.165, 1.54) is 30.2 Å². The summed E-state index contributed by atoms with van der Waals surface area (Å²) in [6.45, 7) is 1.96. The van der Waals surface area contributed by atoms with Gasteiger partial charge in [0.25, 0.3) is 0 Å². The third-order valence-electron chi connectivity index (χ3n) is 3.94. The predicted molar refractivity (Wildman–Crippen MR) is 78.9 cm³/mol. The molecule has 0 saturated heterocycles. The summed E-state index contributed by atoms with van der Waals surface area (Å²) < 4.78 is 1.97. The average molecular weight is 255 g/mol. The number of hydrogen-bond donors (Lipinski definition) is 1. The molecule has 1 unspecified atom stereocenters. The van der Waals surface area contributed by atoms with Crippen LogP contribution in [0.3, 0.4) is 0 Å². The molecule has 19 heavy (non-hydrogen) atoms. The summed E-state index contributed by atoms with van der Waals surface area (Å²) in [6.07, 6.45) is 8.37. The first-order chi connectivity index (χ1) is 9.34. The number of fused-ring (bicyclic) bond motifs is 1. The Kier molecular flexibility index (Phi) is 3.65. The van der Waals surface area contributed by atoms with Crippen molar-refractivity contribution in [2.75, 3.05) is 6.54 Å². The van der Waals surface area contributed by atoms with Crippen molar-refractivity contribution in [3.05, 3.63) is 42.1 Å². The molecule has 100 valence electrons. The van der Waals surface area contributed by atoms with Gasteiger partial charge in [0.1, 0.15) is 0 Å². The second-order valence-corrected chi connectivity index (χ2v) is 5.37. The number of allylic oxidation sites excluding steroid dienone is 2. The molecule has 1 atom stereocenters. The maximum atomic E-state index is 4.61. The molecule has 0 spiro atoms. The molecule has 2 aromatic rings. The van der Waals surface area contributed by atoms with E-state index < -0.39 is 0 Å². The van der Waals surface area contributed by atoms with Crippen molar-refractivity contribution in [3.63, 3.8) is 0 Å². The monoisotopic (exact) mass is 255 g/mol. The first-order valence-corrected chi connectivity index (χ1v) is 7.11. The highest BCUT2D eigenvalue weighted by atomic mass is 15.3. The molecule has 1 aliphatic rings. The Labute approximate surface area is 114 Å². The zero-order chi connectivity index (χ0) is 13.1. The second-order valence-electron chi connectivity index (χ2n) is 5.37. The molecule has 3 heteroatoms. The van der Waals surface area contributed by atoms with Crippen molar-refractivity contribution < 1.29 is 0 Å². The molecule has 0 saturated carbocycles. The van der Waals surface area contributed by atoms with Crippen LogP contribution in [0.2, 0.25) is 0 Å². The Hall–Kier alpha value is -1.61. The van der Waals surface area contributed by atoms with E-state index in [0.29, 0.717) is 0 Å². The van der Waals surface area contributed by atoms with Crippen LogP contribution in [-0.2, 0) is 13.6 Å². The van der Waals surface area contributed by atoms with E-state index >= 15 is 0 Å². The molecule has 0 bridgehead atoms. The fourth-order valence-electron chi connectivity index (χ4n) is 2.86. The van der Waals surface area contributed by atoms with Crippen molar-refractivity contribution >= 4 is 10.9 Å². The standard InChI is InChI=1S/C16H21N3/c1-19-16-10-6-5-9-14(16)15(18-19)12-17-11-13-7-3-2-4-8-13/h2-3,5-6,9-10,13,17H,4,7-8,11-12H2,1H3. The first-order valence-electron chi connectivity index (χ1n) is 7.11. The first kappa shape index (κ1) is 12.4. The maximum Gasteiger partial charge on any atom is 0.0841 e. The summed E-state index contributed by atoms with van der Waals surface area (Å²) in [5, 5.41) is 9.44. The van der Waals surface area contributed by atoms with Gasteiger partial charge in [-0.15, -0.1) is 0 Å². The van der Waals surface area contributed by atoms with E-state index in [4.69, 9.17) is 0 Å². The molecular weight excluding hydrogens is 234 g/mol. The van der Waals surface area contributed by atoms with Crippen molar-refractivity contribution in [1.82, 2.24) is 15.1 Å². The van der Waals surface area contributed by atoms with Crippen LogP contribution >= 0.6 is 0 Å². The third-order valence-corrected chi connectivity index (χ3v) is 3.94. The van der Waals surface area contributed by atoms with Gasteiger partial charge in [0.2, 0.25) is 0 Å². The summed E-state index contributed by atoms with van der Waals surface area (Å²) in [5.74, 6) is 0.792. The van der Waals surface area contributed by atoms with Crippen LogP contribution < -0.4 is 5.32 Å². The van der Waals surface area contributed by atoms with Crippen LogP contribution in [0.15, 0.2) is 36.4 Å². The molecule has 1 heterocycles. The topological polar surface area (TPSA) is 29.9 Å².